The summed E-state index contributed by atoms with van der Waals surface area (Å²) in [7, 11) is 3.09. The molecule has 0 amide bonds. The Morgan fingerprint density at radius 1 is 1.52 bits per heavy atom. The van der Waals surface area contributed by atoms with Crippen LogP contribution in [-0.2, 0) is 25.5 Å². The Balaban J connectivity index is 2.19. The molecule has 1 aliphatic heterocycles. The molecular weight excluding hydrogens is 342 g/mol. The number of methoxy groups -OCH3 is 2. The third-order valence-electron chi connectivity index (χ3n) is 3.44. The number of aromatic nitrogens is 1. The first-order valence-electron chi connectivity index (χ1n) is 7.02. The van der Waals surface area contributed by atoms with E-state index in [9.17, 15) is 9.90 Å². The second kappa shape index (κ2) is 8.02. The summed E-state index contributed by atoms with van der Waals surface area (Å²) in [5.74, 6) is -0.834. The number of aliphatic carboxylic acids is 1. The molecule has 0 bridgehead atoms. The van der Waals surface area contributed by atoms with Crippen LogP contribution in [0.5, 0.6) is 5.88 Å². The van der Waals surface area contributed by atoms with Gasteiger partial charge in [-0.3, -0.25) is 9.36 Å². The zero-order valence-corrected chi connectivity index (χ0v) is 14.5. The van der Waals surface area contributed by atoms with Crippen molar-refractivity contribution in [3.05, 3.63) is 14.4 Å². The fraction of sp³-hybridized carbons (Fsp3) is 0.571. The van der Waals surface area contributed by atoms with Crippen LogP contribution in [0.4, 0.5) is 0 Å². The molecule has 1 aromatic rings. The summed E-state index contributed by atoms with van der Waals surface area (Å²) < 4.78 is 18.0. The highest BCUT2D eigenvalue weighted by molar-refractivity contribution is 7.73. The molecule has 1 saturated heterocycles. The molecule has 0 spiro atoms. The van der Waals surface area contributed by atoms with Crippen molar-refractivity contribution in [3.63, 3.8) is 0 Å². The Morgan fingerprint density at radius 2 is 2.26 bits per heavy atom. The van der Waals surface area contributed by atoms with Crippen LogP contribution in [0.3, 0.4) is 0 Å². The summed E-state index contributed by atoms with van der Waals surface area (Å²) in [6, 6.07) is 0. The molecule has 2 heterocycles. The Morgan fingerprint density at radius 3 is 2.87 bits per heavy atom. The SMILES string of the molecule is COC1CC(=Cc2sc(=S)n(CCCC(=O)O)c2O)C(OC)O1. The second-order valence-corrected chi connectivity index (χ2v) is 6.67. The summed E-state index contributed by atoms with van der Waals surface area (Å²) in [6.07, 6.45) is 1.87. The molecule has 128 valence electrons. The Bertz CT molecular complexity index is 650. The lowest BCUT2D eigenvalue weighted by Gasteiger charge is -2.10. The van der Waals surface area contributed by atoms with Crippen LogP contribution in [0.25, 0.3) is 6.08 Å². The van der Waals surface area contributed by atoms with Crippen LogP contribution in [-0.4, -0.2) is 47.5 Å². The Kier molecular flexibility index (Phi) is 6.31. The largest absolute Gasteiger partial charge is 0.493 e. The highest BCUT2D eigenvalue weighted by atomic mass is 32.1. The van der Waals surface area contributed by atoms with E-state index < -0.39 is 12.3 Å². The minimum Gasteiger partial charge on any atom is -0.493 e. The molecule has 0 aromatic carbocycles. The van der Waals surface area contributed by atoms with Crippen LogP contribution in [0, 0.1) is 3.95 Å². The predicted molar refractivity (Wildman–Crippen MR) is 87.0 cm³/mol. The maximum atomic E-state index is 10.6. The molecule has 7 nitrogen and oxygen atoms in total. The van der Waals surface area contributed by atoms with Crippen LogP contribution < -0.4 is 0 Å². The fourth-order valence-corrected chi connectivity index (χ4v) is 3.63. The first kappa shape index (κ1) is 18.1. The van der Waals surface area contributed by atoms with Gasteiger partial charge in [0.1, 0.15) is 0 Å². The molecule has 2 rings (SSSR count). The van der Waals surface area contributed by atoms with Crippen molar-refractivity contribution >= 4 is 35.6 Å². The molecule has 2 N–H and O–H groups in total. The number of thiazole rings is 1. The van der Waals surface area contributed by atoms with Crippen molar-refractivity contribution < 1.29 is 29.2 Å². The topological polar surface area (TPSA) is 90.2 Å². The maximum absolute atomic E-state index is 10.6. The summed E-state index contributed by atoms with van der Waals surface area (Å²) >= 11 is 6.50. The highest BCUT2D eigenvalue weighted by Crippen LogP contribution is 2.34. The molecule has 2 atom stereocenters. The number of carbonyl (C=O) groups is 1. The van der Waals surface area contributed by atoms with Crippen LogP contribution in [0.2, 0.25) is 0 Å². The Labute approximate surface area is 142 Å². The molecule has 1 aromatic heterocycles. The summed E-state index contributed by atoms with van der Waals surface area (Å²) in [5.41, 5.74) is 0.851. The average Bonchev–Trinajstić information content (AvgIpc) is 3.02. The zero-order chi connectivity index (χ0) is 17.0. The number of carboxylic acids is 1. The second-order valence-electron chi connectivity index (χ2n) is 5.00. The van der Waals surface area contributed by atoms with Gasteiger partial charge in [0.25, 0.3) is 0 Å². The third-order valence-corrected chi connectivity index (χ3v) is 4.83. The van der Waals surface area contributed by atoms with Crippen molar-refractivity contribution in [1.29, 1.82) is 0 Å². The van der Waals surface area contributed by atoms with E-state index in [1.54, 1.807) is 17.8 Å². The summed E-state index contributed by atoms with van der Waals surface area (Å²) in [6.45, 7) is 0.363. The van der Waals surface area contributed by atoms with E-state index in [4.69, 9.17) is 31.5 Å². The van der Waals surface area contributed by atoms with Gasteiger partial charge in [-0.15, -0.1) is 11.3 Å². The van der Waals surface area contributed by atoms with Gasteiger partial charge < -0.3 is 24.4 Å². The van der Waals surface area contributed by atoms with E-state index in [2.05, 4.69) is 0 Å². The molecule has 9 heteroatoms. The lowest BCUT2D eigenvalue weighted by atomic mass is 10.2. The number of hydrogen-bond acceptors (Lipinski definition) is 7. The predicted octanol–water partition coefficient (Wildman–Crippen LogP) is 2.60. The van der Waals surface area contributed by atoms with Gasteiger partial charge in [-0.05, 0) is 30.3 Å². The number of hydrogen-bond donors (Lipinski definition) is 2. The summed E-state index contributed by atoms with van der Waals surface area (Å²) in [4.78, 5) is 11.2. The van der Waals surface area contributed by atoms with Gasteiger partial charge >= 0.3 is 5.97 Å². The number of aromatic hydroxyl groups is 1. The van der Waals surface area contributed by atoms with E-state index in [1.807, 2.05) is 0 Å². The van der Waals surface area contributed by atoms with E-state index in [1.165, 1.54) is 18.4 Å². The van der Waals surface area contributed by atoms with E-state index in [0.29, 0.717) is 28.2 Å². The monoisotopic (exact) mass is 361 g/mol. The van der Waals surface area contributed by atoms with Gasteiger partial charge in [0.15, 0.2) is 16.5 Å². The number of carboxylic acid groups (broad SMARTS) is 1. The van der Waals surface area contributed by atoms with Gasteiger partial charge in [0.2, 0.25) is 5.88 Å². The fourth-order valence-electron chi connectivity index (χ4n) is 2.30. The maximum Gasteiger partial charge on any atom is 0.303 e. The Hall–Kier alpha value is -1.26. The van der Waals surface area contributed by atoms with E-state index >= 15 is 0 Å². The smallest absolute Gasteiger partial charge is 0.303 e. The molecule has 1 fully saturated rings. The zero-order valence-electron chi connectivity index (χ0n) is 12.9. The molecule has 0 aliphatic carbocycles. The highest BCUT2D eigenvalue weighted by Gasteiger charge is 2.30. The summed E-state index contributed by atoms with van der Waals surface area (Å²) in [5, 5.41) is 19.0. The van der Waals surface area contributed by atoms with E-state index in [-0.39, 0.29) is 18.6 Å². The van der Waals surface area contributed by atoms with Gasteiger partial charge in [0.05, 0.1) is 4.88 Å². The molecule has 1 aliphatic rings. The van der Waals surface area contributed by atoms with Crippen LogP contribution in [0.15, 0.2) is 5.57 Å². The van der Waals surface area contributed by atoms with Crippen molar-refractivity contribution in [3.8, 4) is 5.88 Å². The van der Waals surface area contributed by atoms with Crippen molar-refractivity contribution in [2.24, 2.45) is 0 Å². The van der Waals surface area contributed by atoms with Gasteiger partial charge in [-0.25, -0.2) is 0 Å². The average molecular weight is 361 g/mol. The van der Waals surface area contributed by atoms with Gasteiger partial charge in [-0.2, -0.15) is 0 Å². The number of nitrogens with zero attached hydrogens (tertiary/aromatic N) is 1. The molecule has 0 radical (unpaired) electrons. The minimum atomic E-state index is -0.870. The minimum absolute atomic E-state index is 0.0303. The molecule has 2 unspecified atom stereocenters. The quantitative estimate of drug-likeness (QED) is 0.721. The normalized spacial score (nSPS) is 22.8. The van der Waals surface area contributed by atoms with Gasteiger partial charge in [-0.1, -0.05) is 0 Å². The van der Waals surface area contributed by atoms with Crippen molar-refractivity contribution in [2.45, 2.75) is 38.4 Å². The van der Waals surface area contributed by atoms with Crippen LogP contribution in [0.1, 0.15) is 24.1 Å². The molecule has 0 saturated carbocycles. The number of rotatable bonds is 7. The lowest BCUT2D eigenvalue weighted by molar-refractivity contribution is -0.179. The third kappa shape index (κ3) is 4.39. The standard InChI is InChI=1S/C14H19NO6S2/c1-19-11-7-8(13(20-2)21-11)6-9-12(18)15(14(22)23-9)5-3-4-10(16)17/h6,11,13,18H,3-5,7H2,1-2H3,(H,16,17). The number of ether oxygens (including phenoxy) is 3. The first-order valence-corrected chi connectivity index (χ1v) is 8.24. The van der Waals surface area contributed by atoms with E-state index in [0.717, 1.165) is 5.57 Å². The first-order chi connectivity index (χ1) is 11.0. The van der Waals surface area contributed by atoms with Crippen molar-refractivity contribution in [2.75, 3.05) is 14.2 Å². The van der Waals surface area contributed by atoms with Crippen LogP contribution >= 0.6 is 23.6 Å². The molecule has 23 heavy (non-hydrogen) atoms. The van der Waals surface area contributed by atoms with Gasteiger partial charge in [0, 0.05) is 33.6 Å². The lowest BCUT2D eigenvalue weighted by Crippen LogP contribution is -2.14. The van der Waals surface area contributed by atoms with Crippen molar-refractivity contribution in [1.82, 2.24) is 4.57 Å². The molecular formula is C14H19NO6S2.